The zero-order chi connectivity index (χ0) is 33.6. The molecule has 1 saturated carbocycles. The lowest BCUT2D eigenvalue weighted by molar-refractivity contribution is -0.171. The average Bonchev–Trinajstić information content (AvgIpc) is 3.12. The highest BCUT2D eigenvalue weighted by Crippen LogP contribution is 2.68. The molecule has 1 aromatic carbocycles. The molecule has 2 N–H and O–H groups in total. The Balaban J connectivity index is 1.59. The minimum absolute atomic E-state index is 0.0544. The van der Waals surface area contributed by atoms with Crippen LogP contribution in [0.3, 0.4) is 0 Å². The van der Waals surface area contributed by atoms with Gasteiger partial charge in [0.15, 0.2) is 22.8 Å². The van der Waals surface area contributed by atoms with E-state index >= 15 is 0 Å². The van der Waals surface area contributed by atoms with Gasteiger partial charge in [-0.2, -0.15) is 0 Å². The first-order valence-corrected chi connectivity index (χ1v) is 16.2. The second-order valence-electron chi connectivity index (χ2n) is 14.8. The summed E-state index contributed by atoms with van der Waals surface area (Å²) in [6.07, 6.45) is 13.4. The zero-order valence-corrected chi connectivity index (χ0v) is 28.0. The first kappa shape index (κ1) is 32.0. The summed E-state index contributed by atoms with van der Waals surface area (Å²) in [7, 11) is 0. The van der Waals surface area contributed by atoms with Crippen molar-refractivity contribution in [1.29, 1.82) is 0 Å². The molecular weight excluding hydrogens is 584 g/mol. The number of aliphatic carboxylic acids is 1. The SMILES string of the molecule is CC(C)=CCC[C@]1(C)C=Cc2c(O)c3c(c(CC=C(C)C)c2O1)O[C@]12C(=C[C@@H]4CC1C(C)(C)O[C@@]2(C/C=C(/C)C(=O)O)C4=O)C3=O. The maximum Gasteiger partial charge on any atom is 0.330 e. The molecule has 8 nitrogen and oxygen atoms in total. The number of allylic oxidation sites excluding steroid dienone is 5. The maximum absolute atomic E-state index is 14.7. The van der Waals surface area contributed by atoms with E-state index < -0.39 is 40.1 Å². The first-order valence-electron chi connectivity index (χ1n) is 16.2. The van der Waals surface area contributed by atoms with Crippen molar-refractivity contribution in [2.45, 2.75) is 110 Å². The largest absolute Gasteiger partial charge is 0.506 e. The molecule has 1 saturated heterocycles. The van der Waals surface area contributed by atoms with Crippen molar-refractivity contribution >= 4 is 23.6 Å². The number of ether oxygens (including phenoxy) is 3. The smallest absolute Gasteiger partial charge is 0.330 e. The maximum atomic E-state index is 14.7. The third-order valence-corrected chi connectivity index (χ3v) is 10.5. The molecule has 1 aromatic rings. The summed E-state index contributed by atoms with van der Waals surface area (Å²) in [5, 5.41) is 21.4. The van der Waals surface area contributed by atoms with E-state index in [1.165, 1.54) is 18.6 Å². The number of ketones is 2. The highest BCUT2D eigenvalue weighted by Gasteiger charge is 2.81. The van der Waals surface area contributed by atoms with E-state index in [-0.39, 0.29) is 40.8 Å². The van der Waals surface area contributed by atoms with Crippen LogP contribution in [0.25, 0.3) is 6.08 Å². The third kappa shape index (κ3) is 4.47. The third-order valence-electron chi connectivity index (χ3n) is 10.5. The number of aromatic hydroxyl groups is 1. The first-order chi connectivity index (χ1) is 21.5. The van der Waals surface area contributed by atoms with Gasteiger partial charge in [-0.05, 0) is 93.2 Å². The van der Waals surface area contributed by atoms with Crippen LogP contribution in [0.4, 0.5) is 0 Å². The Kier molecular flexibility index (Phi) is 7.36. The molecule has 7 rings (SSSR count). The lowest BCUT2D eigenvalue weighted by atomic mass is 9.51. The Labute approximate surface area is 270 Å². The van der Waals surface area contributed by atoms with Crippen molar-refractivity contribution in [1.82, 2.24) is 0 Å². The Bertz CT molecular complexity index is 1730. The van der Waals surface area contributed by atoms with Gasteiger partial charge in [0.2, 0.25) is 0 Å². The Hall–Kier alpha value is -3.91. The lowest BCUT2D eigenvalue weighted by Crippen LogP contribution is -2.72. The van der Waals surface area contributed by atoms with Crippen molar-refractivity contribution < 1.29 is 38.8 Å². The van der Waals surface area contributed by atoms with Gasteiger partial charge in [-0.1, -0.05) is 35.5 Å². The van der Waals surface area contributed by atoms with Crippen LogP contribution in [0.15, 0.2) is 52.7 Å². The van der Waals surface area contributed by atoms with Crippen molar-refractivity contribution in [2.24, 2.45) is 11.8 Å². The minimum Gasteiger partial charge on any atom is -0.506 e. The molecule has 4 bridgehead atoms. The number of hydrogen-bond acceptors (Lipinski definition) is 7. The monoisotopic (exact) mass is 628 g/mol. The van der Waals surface area contributed by atoms with E-state index in [9.17, 15) is 24.6 Å². The number of phenols is 1. The molecule has 244 valence electrons. The number of Topliss-reactive ketones (excluding diaryl/α,β-unsaturated/α-hetero) is 2. The molecule has 3 aliphatic heterocycles. The molecule has 0 radical (unpaired) electrons. The summed E-state index contributed by atoms with van der Waals surface area (Å²) in [5.41, 5.74) is -0.952. The van der Waals surface area contributed by atoms with Crippen molar-refractivity contribution in [3.05, 3.63) is 69.4 Å². The number of fused-ring (bicyclic) bond motifs is 2. The van der Waals surface area contributed by atoms with E-state index in [2.05, 4.69) is 19.9 Å². The van der Waals surface area contributed by atoms with Gasteiger partial charge in [0.05, 0.1) is 11.2 Å². The van der Waals surface area contributed by atoms with E-state index in [1.54, 1.807) is 6.08 Å². The Morgan fingerprint density at radius 2 is 1.70 bits per heavy atom. The lowest BCUT2D eigenvalue weighted by Gasteiger charge is -2.56. The van der Waals surface area contributed by atoms with E-state index in [0.717, 1.165) is 12.0 Å². The average molecular weight is 629 g/mol. The van der Waals surface area contributed by atoms with Crippen molar-refractivity contribution in [2.75, 3.05) is 0 Å². The zero-order valence-electron chi connectivity index (χ0n) is 28.0. The van der Waals surface area contributed by atoms with Crippen molar-refractivity contribution in [3.8, 4) is 17.2 Å². The summed E-state index contributed by atoms with van der Waals surface area (Å²) < 4.78 is 20.6. The van der Waals surface area contributed by atoms with Crippen LogP contribution < -0.4 is 9.47 Å². The number of carboxylic acid groups (broad SMARTS) is 1. The Morgan fingerprint density at radius 1 is 1.00 bits per heavy atom. The van der Waals surface area contributed by atoms with Crippen LogP contribution in [-0.4, -0.2) is 50.2 Å². The highest BCUT2D eigenvalue weighted by molar-refractivity contribution is 6.19. The predicted octanol–water partition coefficient (Wildman–Crippen LogP) is 7.24. The standard InChI is InChI=1S/C38H44O8/c1-20(2)10-9-15-36(8)16-14-24-29(39)28-30(40)26-18-23-19-27-35(6,7)46-37(33(23)41,17-13-22(5)34(42)43)38(26,27)45-32(28)25(31(24)44-36)12-11-21(3)4/h10-11,13-14,16,18,23,27,39H,9,12,15,17,19H2,1-8H3,(H,42,43)/b22-13-/t23-,27?,36-,37+,38-/m1/s1. The fourth-order valence-electron chi connectivity index (χ4n) is 8.17. The van der Waals surface area contributed by atoms with Crippen LogP contribution in [0.2, 0.25) is 0 Å². The molecule has 46 heavy (non-hydrogen) atoms. The summed E-state index contributed by atoms with van der Waals surface area (Å²) in [6, 6.07) is 0. The van der Waals surface area contributed by atoms with Gasteiger partial charge in [-0.3, -0.25) is 9.59 Å². The molecular formula is C38H44O8. The van der Waals surface area contributed by atoms with Crippen LogP contribution >= 0.6 is 0 Å². The Morgan fingerprint density at radius 3 is 2.35 bits per heavy atom. The van der Waals surface area contributed by atoms with Crippen LogP contribution in [-0.2, 0) is 20.7 Å². The molecule has 5 atom stereocenters. The highest BCUT2D eigenvalue weighted by atomic mass is 16.6. The number of carbonyl (C=O) groups excluding carboxylic acids is 2. The van der Waals surface area contributed by atoms with Crippen LogP contribution in [0.1, 0.15) is 103 Å². The molecule has 8 heteroatoms. The summed E-state index contributed by atoms with van der Waals surface area (Å²) >= 11 is 0. The fourth-order valence-corrected chi connectivity index (χ4v) is 8.17. The van der Waals surface area contributed by atoms with Crippen molar-refractivity contribution in [3.63, 3.8) is 0 Å². The fraction of sp³-hybridized carbons (Fsp3) is 0.500. The summed E-state index contributed by atoms with van der Waals surface area (Å²) in [5.74, 6) is -2.28. The second kappa shape index (κ2) is 10.6. The molecule has 1 spiro atoms. The van der Waals surface area contributed by atoms with E-state index in [0.29, 0.717) is 41.7 Å². The molecule has 3 aliphatic carbocycles. The van der Waals surface area contributed by atoms with Gasteiger partial charge in [0.25, 0.3) is 0 Å². The topological polar surface area (TPSA) is 119 Å². The van der Waals surface area contributed by atoms with Gasteiger partial charge < -0.3 is 24.4 Å². The number of phenolic OH excluding ortho intramolecular Hbond substituents is 1. The van der Waals surface area contributed by atoms with Crippen LogP contribution in [0.5, 0.6) is 17.2 Å². The quantitative estimate of drug-likeness (QED) is 0.228. The van der Waals surface area contributed by atoms with Gasteiger partial charge in [-0.15, -0.1) is 0 Å². The van der Waals surface area contributed by atoms with E-state index in [1.807, 2.05) is 52.8 Å². The number of carboxylic acids is 1. The normalized spacial score (nSPS) is 31.2. The van der Waals surface area contributed by atoms with Gasteiger partial charge in [-0.25, -0.2) is 4.79 Å². The summed E-state index contributed by atoms with van der Waals surface area (Å²) in [4.78, 5) is 40.8. The minimum atomic E-state index is -1.63. The second-order valence-corrected chi connectivity index (χ2v) is 14.8. The molecule has 2 fully saturated rings. The molecule has 0 amide bonds. The van der Waals surface area contributed by atoms with Gasteiger partial charge in [0, 0.05) is 35.0 Å². The van der Waals surface area contributed by atoms with Gasteiger partial charge >= 0.3 is 5.97 Å². The van der Waals surface area contributed by atoms with Crippen LogP contribution in [0, 0.1) is 11.8 Å². The predicted molar refractivity (Wildman–Crippen MR) is 174 cm³/mol. The van der Waals surface area contributed by atoms with E-state index in [4.69, 9.17) is 14.2 Å². The molecule has 3 heterocycles. The molecule has 0 aromatic heterocycles. The number of benzene rings is 1. The molecule has 6 aliphatic rings. The molecule has 1 unspecified atom stereocenters. The number of carbonyl (C=O) groups is 3. The van der Waals surface area contributed by atoms with Gasteiger partial charge in [0.1, 0.15) is 28.4 Å². The number of rotatable bonds is 8. The summed E-state index contributed by atoms with van der Waals surface area (Å²) in [6.45, 7) is 15.4. The number of hydrogen-bond donors (Lipinski definition) is 2.